The molecule has 0 heterocycles. The maximum atomic E-state index is 5.67. The molecule has 4 heteroatoms. The summed E-state index contributed by atoms with van der Waals surface area (Å²) in [7, 11) is 1.16. The highest BCUT2D eigenvalue weighted by Crippen LogP contribution is 2.15. The second-order valence-corrected chi connectivity index (χ2v) is 12.3. The fourth-order valence-electron chi connectivity index (χ4n) is 1.17. The van der Waals surface area contributed by atoms with Crippen LogP contribution in [0, 0.1) is 5.92 Å². The molecule has 0 aromatic carbocycles. The Morgan fingerprint density at radius 2 is 1.80 bits per heavy atom. The van der Waals surface area contributed by atoms with E-state index >= 15 is 0 Å². The van der Waals surface area contributed by atoms with Crippen LogP contribution < -0.4 is 0 Å². The van der Waals surface area contributed by atoms with Gasteiger partial charge in [0.1, 0.15) is 0 Å². The molecule has 0 rings (SSSR count). The van der Waals surface area contributed by atoms with Crippen molar-refractivity contribution in [2.75, 3.05) is 20.4 Å². The summed E-state index contributed by atoms with van der Waals surface area (Å²) in [5, 5.41) is 0. The van der Waals surface area contributed by atoms with Crippen LogP contribution in [-0.2, 0) is 4.74 Å². The third kappa shape index (κ3) is 8.43. The van der Waals surface area contributed by atoms with Crippen LogP contribution in [-0.4, -0.2) is 38.3 Å². The van der Waals surface area contributed by atoms with Crippen molar-refractivity contribution in [3.8, 4) is 0 Å². The van der Waals surface area contributed by atoms with E-state index in [4.69, 9.17) is 4.74 Å². The monoisotopic (exact) mass is 295 g/mol. The molecule has 1 unspecified atom stereocenters. The van der Waals surface area contributed by atoms with Gasteiger partial charge in [-0.1, -0.05) is 49.4 Å². The van der Waals surface area contributed by atoms with Crippen molar-refractivity contribution in [3.05, 3.63) is 0 Å². The SMILES string of the molecule is CC(C)C(Br)N(C)COCC[Si](C)(C)C. The van der Waals surface area contributed by atoms with E-state index in [1.807, 2.05) is 0 Å². The third-order valence-electron chi connectivity index (χ3n) is 2.26. The maximum absolute atomic E-state index is 5.67. The Balaban J connectivity index is 3.60. The van der Waals surface area contributed by atoms with E-state index in [1.165, 1.54) is 6.04 Å². The normalized spacial score (nSPS) is 15.0. The molecular weight excluding hydrogens is 270 g/mol. The van der Waals surface area contributed by atoms with E-state index in [-0.39, 0.29) is 0 Å². The average molecular weight is 296 g/mol. The van der Waals surface area contributed by atoms with Crippen LogP contribution in [0.3, 0.4) is 0 Å². The Morgan fingerprint density at radius 3 is 2.20 bits per heavy atom. The van der Waals surface area contributed by atoms with E-state index in [1.54, 1.807) is 0 Å². The topological polar surface area (TPSA) is 12.5 Å². The Kier molecular flexibility index (Phi) is 7.33. The molecule has 0 saturated heterocycles. The van der Waals surface area contributed by atoms with E-state index < -0.39 is 8.07 Å². The second kappa shape index (κ2) is 7.04. The van der Waals surface area contributed by atoms with Crippen LogP contribution in [0.15, 0.2) is 0 Å². The molecule has 1 atom stereocenters. The molecule has 0 N–H and O–H groups in total. The van der Waals surface area contributed by atoms with Crippen LogP contribution in [0.4, 0.5) is 0 Å². The lowest BCUT2D eigenvalue weighted by atomic mass is 10.2. The largest absolute Gasteiger partial charge is 0.366 e. The molecule has 0 bridgehead atoms. The summed E-state index contributed by atoms with van der Waals surface area (Å²) in [6.45, 7) is 13.2. The molecule has 0 radical (unpaired) electrons. The van der Waals surface area contributed by atoms with Gasteiger partial charge in [0.2, 0.25) is 0 Å². The summed E-state index contributed by atoms with van der Waals surface area (Å²) in [5.74, 6) is 0.607. The molecule has 0 fully saturated rings. The van der Waals surface area contributed by atoms with Crippen LogP contribution in [0.25, 0.3) is 0 Å². The molecule has 2 nitrogen and oxygen atoms in total. The van der Waals surface area contributed by atoms with Crippen LogP contribution in [0.2, 0.25) is 25.7 Å². The predicted octanol–water partition coefficient (Wildman–Crippen LogP) is 3.61. The zero-order valence-corrected chi connectivity index (χ0v) is 13.6. The minimum absolute atomic E-state index is 0.407. The number of ether oxygens (including phenoxy) is 1. The lowest BCUT2D eigenvalue weighted by Gasteiger charge is -2.26. The van der Waals surface area contributed by atoms with Crippen LogP contribution in [0.1, 0.15) is 13.8 Å². The molecule has 0 aliphatic rings. The number of rotatable bonds is 7. The fraction of sp³-hybridized carbons (Fsp3) is 1.00. The lowest BCUT2D eigenvalue weighted by Crippen LogP contribution is -2.33. The smallest absolute Gasteiger partial charge is 0.0996 e. The summed E-state index contributed by atoms with van der Waals surface area (Å²) < 4.78 is 5.67. The summed E-state index contributed by atoms with van der Waals surface area (Å²) in [6, 6.07) is 1.25. The molecule has 0 spiro atoms. The quantitative estimate of drug-likeness (QED) is 0.234. The number of hydrogen-bond acceptors (Lipinski definition) is 2. The third-order valence-corrected chi connectivity index (χ3v) is 5.72. The standard InChI is InChI=1S/C11H26BrNOSi/c1-10(2)11(12)13(3)9-14-7-8-15(4,5)6/h10-11H,7-9H2,1-6H3. The van der Waals surface area contributed by atoms with Gasteiger partial charge in [-0.2, -0.15) is 0 Å². The van der Waals surface area contributed by atoms with Crippen LogP contribution in [0.5, 0.6) is 0 Å². The highest BCUT2D eigenvalue weighted by Gasteiger charge is 2.16. The Morgan fingerprint density at radius 1 is 1.27 bits per heavy atom. The van der Waals surface area contributed by atoms with Crippen molar-refractivity contribution in [2.24, 2.45) is 5.92 Å². The number of halogens is 1. The van der Waals surface area contributed by atoms with E-state index in [2.05, 4.69) is 61.4 Å². The predicted molar refractivity (Wildman–Crippen MR) is 74.3 cm³/mol. The number of hydrogen-bond donors (Lipinski definition) is 0. The first-order valence-corrected chi connectivity index (χ1v) is 10.3. The zero-order valence-electron chi connectivity index (χ0n) is 11.0. The van der Waals surface area contributed by atoms with Gasteiger partial charge in [-0.25, -0.2) is 0 Å². The number of alkyl halides is 1. The molecule has 0 aromatic heterocycles. The summed E-state index contributed by atoms with van der Waals surface area (Å²) in [5.41, 5.74) is 0. The van der Waals surface area contributed by atoms with Gasteiger partial charge >= 0.3 is 0 Å². The molecule has 0 aliphatic carbocycles. The van der Waals surface area contributed by atoms with Gasteiger partial charge in [0, 0.05) is 14.7 Å². The Labute approximate surface area is 105 Å². The highest BCUT2D eigenvalue weighted by molar-refractivity contribution is 9.09. The molecule has 0 saturated carbocycles. The lowest BCUT2D eigenvalue weighted by molar-refractivity contribution is 0.0383. The molecule has 0 aliphatic heterocycles. The van der Waals surface area contributed by atoms with Crippen molar-refractivity contribution < 1.29 is 4.74 Å². The van der Waals surface area contributed by atoms with E-state index in [0.29, 0.717) is 10.9 Å². The fourth-order valence-corrected chi connectivity index (χ4v) is 2.04. The molecule has 92 valence electrons. The highest BCUT2D eigenvalue weighted by atomic mass is 79.9. The zero-order chi connectivity index (χ0) is 12.1. The Bertz CT molecular complexity index is 170. The van der Waals surface area contributed by atoms with E-state index in [0.717, 1.165) is 13.3 Å². The summed E-state index contributed by atoms with van der Waals surface area (Å²) in [4.78, 5) is 2.61. The van der Waals surface area contributed by atoms with Crippen LogP contribution >= 0.6 is 15.9 Å². The van der Waals surface area contributed by atoms with Crippen molar-refractivity contribution in [2.45, 2.75) is 44.5 Å². The van der Waals surface area contributed by atoms with Gasteiger partial charge in [0.25, 0.3) is 0 Å². The summed E-state index contributed by atoms with van der Waals surface area (Å²) >= 11 is 3.65. The minimum atomic E-state index is -0.933. The van der Waals surface area contributed by atoms with Crippen molar-refractivity contribution >= 4 is 24.0 Å². The molecule has 0 aromatic rings. The van der Waals surface area contributed by atoms with Crippen molar-refractivity contribution in [1.29, 1.82) is 0 Å². The first-order valence-electron chi connectivity index (χ1n) is 5.66. The van der Waals surface area contributed by atoms with Gasteiger partial charge < -0.3 is 4.74 Å². The Hall–Kier alpha value is 0.617. The summed E-state index contributed by atoms with van der Waals surface area (Å²) in [6.07, 6.45) is 0. The molecule has 15 heavy (non-hydrogen) atoms. The first kappa shape index (κ1) is 15.6. The van der Waals surface area contributed by atoms with E-state index in [9.17, 15) is 0 Å². The minimum Gasteiger partial charge on any atom is -0.366 e. The van der Waals surface area contributed by atoms with Gasteiger partial charge in [0.05, 0.1) is 11.7 Å². The second-order valence-electron chi connectivity index (χ2n) is 5.72. The molecular formula is C11H26BrNOSi. The van der Waals surface area contributed by atoms with Crippen molar-refractivity contribution in [3.63, 3.8) is 0 Å². The maximum Gasteiger partial charge on any atom is 0.0996 e. The van der Waals surface area contributed by atoms with Gasteiger partial charge in [0.15, 0.2) is 0 Å². The van der Waals surface area contributed by atoms with Gasteiger partial charge in [-0.3, -0.25) is 4.90 Å². The first-order chi connectivity index (χ1) is 6.74. The van der Waals surface area contributed by atoms with Crippen molar-refractivity contribution in [1.82, 2.24) is 4.90 Å². The van der Waals surface area contributed by atoms with Gasteiger partial charge in [-0.15, -0.1) is 0 Å². The average Bonchev–Trinajstić information content (AvgIpc) is 2.09. The molecule has 0 amide bonds. The van der Waals surface area contributed by atoms with Gasteiger partial charge in [-0.05, 0) is 19.0 Å². The number of nitrogens with zero attached hydrogens (tertiary/aromatic N) is 1.